The Balaban J connectivity index is 0.000000581. The third-order valence-corrected chi connectivity index (χ3v) is 4.24. The molecule has 104 valence electrons. The Labute approximate surface area is 120 Å². The van der Waals surface area contributed by atoms with Gasteiger partial charge in [0.05, 0.1) is 5.41 Å². The number of aryl methyl sites for hydroxylation is 1. The van der Waals surface area contributed by atoms with Crippen molar-refractivity contribution in [3.05, 3.63) is 59.2 Å². The van der Waals surface area contributed by atoms with E-state index in [1.54, 1.807) is 0 Å². The Morgan fingerprint density at radius 3 is 2.60 bits per heavy atom. The Hall–Kier alpha value is -1.96. The maximum Gasteiger partial charge on any atom is 0.183 e. The summed E-state index contributed by atoms with van der Waals surface area (Å²) in [6.07, 6.45) is 0.0201. The molecule has 1 unspecified atom stereocenters. The lowest BCUT2D eigenvalue weighted by Gasteiger charge is -2.23. The number of hydrogen-bond acceptors (Lipinski definition) is 2. The standard InChI is InChI=1S/C16H15NO.C2H6/c1-10-7-8-14-12(9-10)16(2)11-5-3-4-6-13(11)17-15(16)18-14;1-2/h3-9,15,17H,1-2H3;1-2H3/t15?,16-;/m0./s1. The topological polar surface area (TPSA) is 21.3 Å². The van der Waals surface area contributed by atoms with Crippen LogP contribution < -0.4 is 10.1 Å². The Bertz CT molecular complexity index is 650. The predicted molar refractivity (Wildman–Crippen MR) is 83.5 cm³/mol. The summed E-state index contributed by atoms with van der Waals surface area (Å²) in [5.41, 5.74) is 5.03. The number of nitrogens with one attached hydrogen (secondary N) is 1. The second kappa shape index (κ2) is 4.55. The highest BCUT2D eigenvalue weighted by Gasteiger charge is 2.51. The van der Waals surface area contributed by atoms with Crippen molar-refractivity contribution < 1.29 is 4.74 Å². The number of rotatable bonds is 0. The molecule has 0 aliphatic carbocycles. The minimum Gasteiger partial charge on any atom is -0.469 e. The van der Waals surface area contributed by atoms with Crippen molar-refractivity contribution in [3.63, 3.8) is 0 Å². The molecule has 2 aliphatic rings. The largest absolute Gasteiger partial charge is 0.469 e. The molecule has 2 aromatic carbocycles. The molecule has 2 aromatic rings. The maximum atomic E-state index is 6.06. The Morgan fingerprint density at radius 2 is 1.80 bits per heavy atom. The van der Waals surface area contributed by atoms with E-state index < -0.39 is 0 Å². The number of para-hydroxylation sites is 1. The van der Waals surface area contributed by atoms with Crippen molar-refractivity contribution in [2.75, 3.05) is 5.32 Å². The van der Waals surface area contributed by atoms with Gasteiger partial charge in [0, 0.05) is 11.3 Å². The summed E-state index contributed by atoms with van der Waals surface area (Å²) in [4.78, 5) is 0. The van der Waals surface area contributed by atoms with E-state index in [0.717, 1.165) is 5.75 Å². The molecule has 2 heterocycles. The number of fused-ring (bicyclic) bond motifs is 5. The molecule has 0 saturated heterocycles. The fourth-order valence-electron chi connectivity index (χ4n) is 3.20. The molecule has 0 radical (unpaired) electrons. The molecule has 2 atom stereocenters. The highest BCUT2D eigenvalue weighted by atomic mass is 16.5. The number of ether oxygens (including phenoxy) is 1. The first-order chi connectivity index (χ1) is 9.69. The summed E-state index contributed by atoms with van der Waals surface area (Å²) < 4.78 is 6.06. The van der Waals surface area contributed by atoms with Gasteiger partial charge in [-0.1, -0.05) is 49.7 Å². The first-order valence-electron chi connectivity index (χ1n) is 7.33. The molecule has 0 aromatic heterocycles. The fourth-order valence-corrected chi connectivity index (χ4v) is 3.20. The number of benzene rings is 2. The van der Waals surface area contributed by atoms with Crippen LogP contribution in [0.1, 0.15) is 37.5 Å². The molecule has 0 fully saturated rings. The summed E-state index contributed by atoms with van der Waals surface area (Å²) in [5.74, 6) is 1.01. The lowest BCUT2D eigenvalue weighted by atomic mass is 9.77. The SMILES string of the molecule is CC.Cc1ccc2c(c1)[C@]1(C)c3ccccc3NC1O2. The van der Waals surface area contributed by atoms with Crippen molar-refractivity contribution >= 4 is 5.69 Å². The molecular weight excluding hydrogens is 246 g/mol. The number of anilines is 1. The summed E-state index contributed by atoms with van der Waals surface area (Å²) in [6, 6.07) is 14.9. The van der Waals surface area contributed by atoms with Crippen LogP contribution in [0.25, 0.3) is 0 Å². The van der Waals surface area contributed by atoms with Crippen LogP contribution in [0.5, 0.6) is 5.75 Å². The molecule has 1 N–H and O–H groups in total. The maximum absolute atomic E-state index is 6.06. The zero-order chi connectivity index (χ0) is 14.3. The molecular formula is C18H21NO. The van der Waals surface area contributed by atoms with E-state index in [1.165, 1.54) is 22.4 Å². The first kappa shape index (κ1) is 13.0. The third-order valence-electron chi connectivity index (χ3n) is 4.24. The van der Waals surface area contributed by atoms with Crippen LogP contribution in [-0.2, 0) is 5.41 Å². The van der Waals surface area contributed by atoms with Gasteiger partial charge in [0.2, 0.25) is 0 Å². The van der Waals surface area contributed by atoms with Crippen LogP contribution >= 0.6 is 0 Å². The molecule has 2 nitrogen and oxygen atoms in total. The van der Waals surface area contributed by atoms with Crippen LogP contribution in [0, 0.1) is 6.92 Å². The fraction of sp³-hybridized carbons (Fsp3) is 0.333. The second-order valence-electron chi connectivity index (χ2n) is 5.39. The van der Waals surface area contributed by atoms with Crippen molar-refractivity contribution in [1.82, 2.24) is 0 Å². The van der Waals surface area contributed by atoms with Crippen LogP contribution in [0.3, 0.4) is 0 Å². The molecule has 0 bridgehead atoms. The zero-order valence-electron chi connectivity index (χ0n) is 12.5. The van der Waals surface area contributed by atoms with Gasteiger partial charge in [0.15, 0.2) is 6.23 Å². The molecule has 2 aliphatic heterocycles. The third kappa shape index (κ3) is 1.57. The van der Waals surface area contributed by atoms with E-state index in [2.05, 4.69) is 61.6 Å². The minimum absolute atomic E-state index is 0.0201. The van der Waals surface area contributed by atoms with Crippen LogP contribution in [0.2, 0.25) is 0 Å². The van der Waals surface area contributed by atoms with Gasteiger partial charge in [-0.05, 0) is 31.5 Å². The van der Waals surface area contributed by atoms with Gasteiger partial charge in [-0.15, -0.1) is 0 Å². The van der Waals surface area contributed by atoms with Gasteiger partial charge >= 0.3 is 0 Å². The smallest absolute Gasteiger partial charge is 0.183 e. The minimum atomic E-state index is -0.0715. The monoisotopic (exact) mass is 267 g/mol. The highest BCUT2D eigenvalue weighted by molar-refractivity contribution is 5.68. The Morgan fingerprint density at radius 1 is 1.05 bits per heavy atom. The van der Waals surface area contributed by atoms with Crippen LogP contribution in [0.4, 0.5) is 5.69 Å². The van der Waals surface area contributed by atoms with Gasteiger partial charge in [-0.2, -0.15) is 0 Å². The lowest BCUT2D eigenvalue weighted by Crippen LogP contribution is -2.35. The molecule has 20 heavy (non-hydrogen) atoms. The van der Waals surface area contributed by atoms with E-state index in [-0.39, 0.29) is 11.6 Å². The van der Waals surface area contributed by atoms with Crippen LogP contribution in [0.15, 0.2) is 42.5 Å². The van der Waals surface area contributed by atoms with Crippen molar-refractivity contribution in [1.29, 1.82) is 0 Å². The van der Waals surface area contributed by atoms with Crippen molar-refractivity contribution in [2.45, 2.75) is 39.3 Å². The van der Waals surface area contributed by atoms with Gasteiger partial charge < -0.3 is 10.1 Å². The summed E-state index contributed by atoms with van der Waals surface area (Å²) >= 11 is 0. The zero-order valence-corrected chi connectivity index (χ0v) is 12.5. The van der Waals surface area contributed by atoms with E-state index in [1.807, 2.05) is 13.8 Å². The summed E-state index contributed by atoms with van der Waals surface area (Å²) in [7, 11) is 0. The van der Waals surface area contributed by atoms with Gasteiger partial charge in [-0.3, -0.25) is 0 Å². The van der Waals surface area contributed by atoms with Gasteiger partial charge in [0.1, 0.15) is 5.75 Å². The quantitative estimate of drug-likeness (QED) is 0.760. The van der Waals surface area contributed by atoms with E-state index in [4.69, 9.17) is 4.74 Å². The first-order valence-corrected chi connectivity index (χ1v) is 7.33. The van der Waals surface area contributed by atoms with E-state index in [0.29, 0.717) is 0 Å². The molecule has 0 spiro atoms. The van der Waals surface area contributed by atoms with Crippen molar-refractivity contribution in [2.24, 2.45) is 0 Å². The second-order valence-corrected chi connectivity index (χ2v) is 5.39. The summed E-state index contributed by atoms with van der Waals surface area (Å²) in [5, 5.41) is 3.48. The van der Waals surface area contributed by atoms with E-state index in [9.17, 15) is 0 Å². The highest BCUT2D eigenvalue weighted by Crippen LogP contribution is 2.53. The van der Waals surface area contributed by atoms with Gasteiger partial charge in [0.25, 0.3) is 0 Å². The normalized spacial score (nSPS) is 24.5. The molecule has 2 heteroatoms. The molecule has 4 rings (SSSR count). The average molecular weight is 267 g/mol. The summed E-state index contributed by atoms with van der Waals surface area (Å²) in [6.45, 7) is 8.40. The predicted octanol–water partition coefficient (Wildman–Crippen LogP) is 4.47. The van der Waals surface area contributed by atoms with E-state index >= 15 is 0 Å². The average Bonchev–Trinajstić information content (AvgIpc) is 2.91. The number of hydrogen-bond donors (Lipinski definition) is 1. The molecule has 0 amide bonds. The molecule has 0 saturated carbocycles. The van der Waals surface area contributed by atoms with Gasteiger partial charge in [-0.25, -0.2) is 0 Å². The Kier molecular flexibility index (Phi) is 2.97. The van der Waals surface area contributed by atoms with Crippen molar-refractivity contribution in [3.8, 4) is 5.75 Å². The lowest BCUT2D eigenvalue weighted by molar-refractivity contribution is 0.217. The van der Waals surface area contributed by atoms with Crippen LogP contribution in [-0.4, -0.2) is 6.23 Å².